The molecule has 0 radical (unpaired) electrons. The van der Waals surface area contributed by atoms with Gasteiger partial charge in [0.15, 0.2) is 11.0 Å². The molecule has 2 aromatic heterocycles. The molecule has 0 saturated heterocycles. The van der Waals surface area contributed by atoms with Crippen molar-refractivity contribution in [3.8, 4) is 33.8 Å². The van der Waals surface area contributed by atoms with E-state index in [1.807, 2.05) is 42.5 Å². The number of aldehydes is 1. The van der Waals surface area contributed by atoms with Gasteiger partial charge in [0, 0.05) is 17.3 Å². The van der Waals surface area contributed by atoms with Gasteiger partial charge in [-0.25, -0.2) is 0 Å². The predicted octanol–water partition coefficient (Wildman–Crippen LogP) is 2.98. The zero-order valence-corrected chi connectivity index (χ0v) is 16.4. The molecule has 5 N–H and O–H groups in total. The lowest BCUT2D eigenvalue weighted by Crippen LogP contribution is -2.09. The van der Waals surface area contributed by atoms with Crippen molar-refractivity contribution in [1.29, 1.82) is 0 Å². The molecule has 0 amide bonds. The van der Waals surface area contributed by atoms with E-state index in [0.29, 0.717) is 28.5 Å². The molecule has 4 aromatic rings. The minimum Gasteiger partial charge on any atom is -0.395 e. The molecule has 2 aromatic carbocycles. The van der Waals surface area contributed by atoms with Gasteiger partial charge in [0.05, 0.1) is 23.2 Å². The van der Waals surface area contributed by atoms with Crippen LogP contribution in [0.4, 0.5) is 5.69 Å². The molecule has 10 heteroatoms. The van der Waals surface area contributed by atoms with Crippen LogP contribution in [-0.4, -0.2) is 53.8 Å². The van der Waals surface area contributed by atoms with E-state index < -0.39 is 5.25 Å². The average Bonchev–Trinajstić information content (AvgIpc) is 3.49. The van der Waals surface area contributed by atoms with Gasteiger partial charge < -0.3 is 14.9 Å². The minimum absolute atomic E-state index is 0.287. The third kappa shape index (κ3) is 4.25. The number of aromatic amines is 2. The van der Waals surface area contributed by atoms with Gasteiger partial charge in [-0.1, -0.05) is 30.0 Å². The standard InChI is InChI=1S/C20H18N6O3S/c27-10-17(11-28)30-20-22-19(24-25-20)15-7-14(8-16(9-15)26-29)12-2-1-3-13(6-12)18-4-5-21-23-18/h1-10,17,26,28-29H,11H2,(H,21,23)(H,22,24,25). The van der Waals surface area contributed by atoms with Crippen LogP contribution in [0.3, 0.4) is 0 Å². The van der Waals surface area contributed by atoms with Crippen molar-refractivity contribution < 1.29 is 15.1 Å². The van der Waals surface area contributed by atoms with E-state index in [1.54, 1.807) is 12.3 Å². The quantitative estimate of drug-likeness (QED) is 0.166. The molecule has 0 fully saturated rings. The minimum atomic E-state index is -0.614. The van der Waals surface area contributed by atoms with E-state index in [0.717, 1.165) is 34.1 Å². The second-order valence-corrected chi connectivity index (χ2v) is 7.63. The maximum atomic E-state index is 10.9. The summed E-state index contributed by atoms with van der Waals surface area (Å²) in [5.41, 5.74) is 6.94. The Morgan fingerprint density at radius 2 is 1.87 bits per heavy atom. The van der Waals surface area contributed by atoms with Crippen molar-refractivity contribution in [2.45, 2.75) is 10.4 Å². The molecule has 1 unspecified atom stereocenters. The Morgan fingerprint density at radius 3 is 2.60 bits per heavy atom. The van der Waals surface area contributed by atoms with E-state index in [4.69, 9.17) is 0 Å². The molecule has 9 nitrogen and oxygen atoms in total. The number of rotatable bonds is 8. The number of hydrogen-bond donors (Lipinski definition) is 5. The first kappa shape index (κ1) is 19.8. The molecule has 0 spiro atoms. The summed E-state index contributed by atoms with van der Waals surface area (Å²) in [7, 11) is 0. The fourth-order valence-corrected chi connectivity index (χ4v) is 3.62. The van der Waals surface area contributed by atoms with Crippen LogP contribution < -0.4 is 5.48 Å². The topological polar surface area (TPSA) is 140 Å². The zero-order chi connectivity index (χ0) is 20.9. The molecular formula is C20H18N6O3S. The molecule has 0 aliphatic heterocycles. The molecule has 0 saturated carbocycles. The second kappa shape index (κ2) is 8.91. The lowest BCUT2D eigenvalue weighted by molar-refractivity contribution is -0.107. The van der Waals surface area contributed by atoms with E-state index in [-0.39, 0.29) is 6.61 Å². The van der Waals surface area contributed by atoms with Gasteiger partial charge in [-0.3, -0.25) is 15.8 Å². The first-order chi connectivity index (χ1) is 14.7. The number of aliphatic hydroxyl groups excluding tert-OH is 1. The Labute approximate surface area is 175 Å². The summed E-state index contributed by atoms with van der Waals surface area (Å²) in [6, 6.07) is 15.2. The highest BCUT2D eigenvalue weighted by Crippen LogP contribution is 2.31. The van der Waals surface area contributed by atoms with Crippen LogP contribution >= 0.6 is 11.8 Å². The van der Waals surface area contributed by atoms with Crippen molar-refractivity contribution in [3.05, 3.63) is 54.7 Å². The zero-order valence-electron chi connectivity index (χ0n) is 15.6. The summed E-state index contributed by atoms with van der Waals surface area (Å²) in [6.45, 7) is -0.287. The molecule has 152 valence electrons. The number of H-pyrrole nitrogens is 2. The van der Waals surface area contributed by atoms with Crippen molar-refractivity contribution in [1.82, 2.24) is 25.4 Å². The van der Waals surface area contributed by atoms with Gasteiger partial charge >= 0.3 is 0 Å². The van der Waals surface area contributed by atoms with Crippen LogP contribution in [0.15, 0.2) is 59.9 Å². The summed E-state index contributed by atoms with van der Waals surface area (Å²) < 4.78 is 0. The third-order valence-electron chi connectivity index (χ3n) is 4.39. The number of nitrogens with zero attached hydrogens (tertiary/aromatic N) is 3. The van der Waals surface area contributed by atoms with E-state index in [2.05, 4.69) is 30.9 Å². The van der Waals surface area contributed by atoms with Crippen LogP contribution in [0, 0.1) is 0 Å². The van der Waals surface area contributed by atoms with Crippen molar-refractivity contribution in [2.75, 3.05) is 12.1 Å². The van der Waals surface area contributed by atoms with Crippen molar-refractivity contribution >= 4 is 23.7 Å². The smallest absolute Gasteiger partial charge is 0.189 e. The monoisotopic (exact) mass is 422 g/mol. The maximum Gasteiger partial charge on any atom is 0.189 e. The molecule has 4 rings (SSSR count). The number of hydrogen-bond acceptors (Lipinski definition) is 8. The molecule has 0 aliphatic rings. The van der Waals surface area contributed by atoms with E-state index >= 15 is 0 Å². The summed E-state index contributed by atoms with van der Waals surface area (Å²) in [5, 5.41) is 33.7. The number of aliphatic hydroxyl groups is 1. The third-order valence-corrected chi connectivity index (χ3v) is 5.36. The Morgan fingerprint density at radius 1 is 1.07 bits per heavy atom. The normalized spacial score (nSPS) is 11.9. The fraction of sp³-hybridized carbons (Fsp3) is 0.100. The van der Waals surface area contributed by atoms with Gasteiger partial charge in [-0.2, -0.15) is 5.10 Å². The molecule has 1 atom stereocenters. The van der Waals surface area contributed by atoms with Crippen molar-refractivity contribution in [3.63, 3.8) is 0 Å². The number of anilines is 1. The second-order valence-electron chi connectivity index (χ2n) is 6.40. The Bertz CT molecular complexity index is 1150. The SMILES string of the molecule is O=CC(CO)Sc1nnc(-c2cc(NO)cc(-c3cccc(-c4cc[nH]n4)c3)c2)[nH]1. The Hall–Kier alpha value is -3.47. The molecular weight excluding hydrogens is 404 g/mol. The van der Waals surface area contributed by atoms with Gasteiger partial charge in [0.25, 0.3) is 0 Å². The largest absolute Gasteiger partial charge is 0.395 e. The molecule has 2 heterocycles. The Kier molecular flexibility index (Phi) is 5.89. The van der Waals surface area contributed by atoms with Gasteiger partial charge in [-0.15, -0.1) is 10.2 Å². The summed E-state index contributed by atoms with van der Waals surface area (Å²) >= 11 is 1.09. The first-order valence-corrected chi connectivity index (χ1v) is 9.90. The molecule has 0 bridgehead atoms. The first-order valence-electron chi connectivity index (χ1n) is 9.02. The number of benzene rings is 2. The average molecular weight is 422 g/mol. The summed E-state index contributed by atoms with van der Waals surface area (Å²) in [4.78, 5) is 14.0. The van der Waals surface area contributed by atoms with Gasteiger partial charge in [0.2, 0.25) is 0 Å². The van der Waals surface area contributed by atoms with Crippen LogP contribution in [-0.2, 0) is 4.79 Å². The van der Waals surface area contributed by atoms with Crippen LogP contribution in [0.5, 0.6) is 0 Å². The highest BCUT2D eigenvalue weighted by Gasteiger charge is 2.14. The van der Waals surface area contributed by atoms with E-state index in [1.165, 1.54) is 0 Å². The lowest BCUT2D eigenvalue weighted by Gasteiger charge is -2.09. The highest BCUT2D eigenvalue weighted by molar-refractivity contribution is 8.00. The predicted molar refractivity (Wildman–Crippen MR) is 113 cm³/mol. The molecule has 30 heavy (non-hydrogen) atoms. The van der Waals surface area contributed by atoms with Crippen LogP contribution in [0.25, 0.3) is 33.8 Å². The number of thioether (sulfide) groups is 1. The Balaban J connectivity index is 1.69. The molecule has 0 aliphatic carbocycles. The highest BCUT2D eigenvalue weighted by atomic mass is 32.2. The number of carbonyl (C=O) groups excluding carboxylic acids is 1. The lowest BCUT2D eigenvalue weighted by atomic mass is 9.99. The number of nitrogens with one attached hydrogen (secondary N) is 3. The number of carbonyl (C=O) groups is 1. The summed E-state index contributed by atoms with van der Waals surface area (Å²) in [5.74, 6) is 0.474. The maximum absolute atomic E-state index is 10.9. The number of aromatic nitrogens is 5. The summed E-state index contributed by atoms with van der Waals surface area (Å²) in [6.07, 6.45) is 2.43. The van der Waals surface area contributed by atoms with Crippen LogP contribution in [0.2, 0.25) is 0 Å². The fourth-order valence-electron chi connectivity index (χ4n) is 2.96. The van der Waals surface area contributed by atoms with Gasteiger partial charge in [0.1, 0.15) is 6.29 Å². The van der Waals surface area contributed by atoms with E-state index in [9.17, 15) is 15.1 Å². The van der Waals surface area contributed by atoms with Crippen molar-refractivity contribution in [2.24, 2.45) is 0 Å². The van der Waals surface area contributed by atoms with Crippen LogP contribution in [0.1, 0.15) is 0 Å². The van der Waals surface area contributed by atoms with Gasteiger partial charge in [-0.05, 0) is 41.5 Å².